The monoisotopic (exact) mass is 2020 g/mol. The van der Waals surface area contributed by atoms with Crippen LogP contribution in [0.1, 0.15) is 77.6 Å². The van der Waals surface area contributed by atoms with Gasteiger partial charge in [0.05, 0.1) is 34.7 Å². The Labute approximate surface area is 763 Å². The Morgan fingerprint density at radius 2 is 0.656 bits per heavy atom. The van der Waals surface area contributed by atoms with Crippen molar-refractivity contribution < 1.29 is 158 Å². The zero-order valence-electron chi connectivity index (χ0n) is 69.2. The Morgan fingerprint density at radius 3 is 0.969 bits per heavy atom. The summed E-state index contributed by atoms with van der Waals surface area (Å²) in [5.41, 5.74) is -2.40. The molecule has 20 atom stereocenters. The molecule has 4 unspecified atom stereocenters. The number of nitrogens with one attached hydrogen (secondary N) is 4. The lowest BCUT2D eigenvalue weighted by molar-refractivity contribution is -0.205. The van der Waals surface area contributed by atoms with Crippen molar-refractivity contribution in [2.45, 2.75) is 124 Å². The van der Waals surface area contributed by atoms with E-state index in [9.17, 15) is 78.3 Å². The van der Waals surface area contributed by atoms with E-state index in [0.717, 1.165) is 33.9 Å². The number of benzene rings is 4. The van der Waals surface area contributed by atoms with E-state index in [1.807, 2.05) is 11.8 Å². The molecule has 16 rings (SSSR count). The maximum absolute atomic E-state index is 15.9. The fraction of sp³-hybridized carbons (Fsp3) is 0.333. The Balaban J connectivity index is 0.000000152. The number of alkyl halides is 4. The van der Waals surface area contributed by atoms with Gasteiger partial charge in [-0.15, -0.1) is 25.7 Å². The fourth-order valence-electron chi connectivity index (χ4n) is 11.9. The second kappa shape index (κ2) is 38.1. The Hall–Kier alpha value is -8.28. The highest BCUT2D eigenvalue weighted by molar-refractivity contribution is 7.71. The van der Waals surface area contributed by atoms with Crippen LogP contribution in [-0.2, 0) is 99.8 Å². The summed E-state index contributed by atoms with van der Waals surface area (Å²) in [5, 5.41) is 84.3. The van der Waals surface area contributed by atoms with Crippen LogP contribution in [-0.4, -0.2) is 178 Å². The molecule has 12 heterocycles. The molecule has 0 spiro atoms. The van der Waals surface area contributed by atoms with Crippen LogP contribution in [0.15, 0.2) is 117 Å². The van der Waals surface area contributed by atoms with Gasteiger partial charge in [0, 0.05) is 67.1 Å². The van der Waals surface area contributed by atoms with Crippen molar-refractivity contribution in [2.24, 2.45) is 0 Å². The van der Waals surface area contributed by atoms with Crippen molar-refractivity contribution in [3.63, 3.8) is 0 Å². The molecular formula is C72H60Cl4F4N8O32P4S4. The summed E-state index contributed by atoms with van der Waals surface area (Å²) in [6.07, 6.45) is -3.21. The zero-order chi connectivity index (χ0) is 98.5. The molecule has 4 saturated heterocycles. The maximum Gasteiger partial charge on any atom is 0.530 e. The number of hydrogen-bond acceptors (Lipinski definition) is 36. The van der Waals surface area contributed by atoms with Crippen molar-refractivity contribution in [3.05, 3.63) is 223 Å². The van der Waals surface area contributed by atoms with Crippen LogP contribution in [0, 0.1) is 68.5 Å². The topological polar surface area (TPSA) is 529 Å². The van der Waals surface area contributed by atoms with Crippen molar-refractivity contribution in [3.8, 4) is 72.4 Å². The highest BCUT2D eigenvalue weighted by atomic mass is 35.5. The van der Waals surface area contributed by atoms with Crippen LogP contribution in [0.5, 0.6) is 23.0 Å². The molecule has 0 saturated carbocycles. The molecule has 0 aliphatic carbocycles. The van der Waals surface area contributed by atoms with E-state index >= 15 is 17.6 Å². The van der Waals surface area contributed by atoms with Gasteiger partial charge in [0.15, 0.2) is 43.9 Å². The number of H-pyrrole nitrogens is 4. The van der Waals surface area contributed by atoms with Gasteiger partial charge in [-0.05, 0) is 122 Å². The average Bonchev–Trinajstić information content (AvgIpc) is 1.56. The number of phosphoric acid groups is 4. The third-order valence-corrected chi connectivity index (χ3v) is 25.6. The van der Waals surface area contributed by atoms with E-state index in [1.165, 1.54) is 66.7 Å². The third kappa shape index (κ3) is 20.5. The SMILES string of the molecule is C#Cc1cn([C@@H]2O[C@](F)(COP3(=O)OCc4cc(Cl)ccc4O3)[C@@H](O)[C@H]2O)c(=S)[nH]c1=O.[2H]C([2H])(OP1(=O)OCc2cc(Cl)ccc2O1)[C@@]1(F)O[C@@H](n2cc(C#C)c(=O)[nH]c2=S)[C@H](O)[C@@H]1O.[2H]C([2H])(OP1(=O)OCc2cc(Cl)ccc2O1)[C@@]1(F)O[C@@]([2H])(n2cc(C#C)c(=O)[nH]c2=S)[C@H](O)[C@@H]1O.[2H][C@@]1(n2cc(C#C)c(=O)[nH]c2=S)O[C@](F)(COP2(=O)OCc3cc(Cl)ccc3O2)[C@@H](O)[C@H]1O. The van der Waals surface area contributed by atoms with Gasteiger partial charge in [-0.2, -0.15) is 0 Å². The number of phosphoric ester groups is 4. The molecule has 128 heavy (non-hydrogen) atoms. The summed E-state index contributed by atoms with van der Waals surface area (Å²) < 4.78 is 245. The number of halogens is 8. The van der Waals surface area contributed by atoms with Crippen LogP contribution in [0.2, 0.25) is 20.1 Å². The molecule has 8 aromatic rings. The molecule has 8 aliphatic rings. The number of hydrogen-bond donors (Lipinski definition) is 12. The van der Waals surface area contributed by atoms with Gasteiger partial charge in [0.1, 0.15) is 120 Å². The lowest BCUT2D eigenvalue weighted by atomic mass is 10.1. The first kappa shape index (κ1) is 89.0. The number of aromatic amines is 4. The molecule has 0 radical (unpaired) electrons. The highest BCUT2D eigenvalue weighted by Gasteiger charge is 2.62. The number of rotatable bonds is 16. The maximum atomic E-state index is 15.9. The van der Waals surface area contributed by atoms with Crippen LogP contribution < -0.4 is 40.3 Å². The number of aliphatic hydroxyl groups excluding tert-OH is 8. The van der Waals surface area contributed by atoms with E-state index in [-0.39, 0.29) is 69.1 Å². The minimum atomic E-state index is -4.86. The van der Waals surface area contributed by atoms with Crippen molar-refractivity contribution in [2.75, 3.05) is 26.3 Å². The molecule has 680 valence electrons. The average molecular weight is 2030 g/mol. The van der Waals surface area contributed by atoms with Gasteiger partial charge >= 0.3 is 31.3 Å². The predicted octanol–water partition coefficient (Wildman–Crippen LogP) is 8.76. The summed E-state index contributed by atoms with van der Waals surface area (Å²) in [7, 11) is -18.3. The zero-order valence-corrected chi connectivity index (χ0v) is 73.0. The molecule has 0 amide bonds. The van der Waals surface area contributed by atoms with Gasteiger partial charge in [-0.25, -0.2) is 35.8 Å². The van der Waals surface area contributed by atoms with Gasteiger partial charge in [-0.3, -0.25) is 93.6 Å². The minimum absolute atomic E-state index is 0.00477. The van der Waals surface area contributed by atoms with Crippen LogP contribution >= 0.6 is 127 Å². The molecule has 56 heteroatoms. The quantitative estimate of drug-likeness (QED) is 0.0186. The van der Waals surface area contributed by atoms with Gasteiger partial charge in [0.2, 0.25) is 0 Å². The normalized spacial score (nSPS) is 33.6. The summed E-state index contributed by atoms with van der Waals surface area (Å²) in [6, 6.07) is 17.2. The molecular weight excluding hydrogens is 1960 g/mol. The van der Waals surface area contributed by atoms with E-state index in [4.69, 9.17) is 202 Å². The molecule has 4 fully saturated rings. The Bertz CT molecular complexity index is 7030. The number of terminal acetylenes is 4. The molecule has 40 nitrogen and oxygen atoms in total. The van der Waals surface area contributed by atoms with Crippen molar-refractivity contribution in [1.82, 2.24) is 38.2 Å². The number of fused-ring (bicyclic) bond motifs is 4. The van der Waals surface area contributed by atoms with E-state index in [2.05, 4.69) is 31.8 Å². The number of ether oxygens (including phenoxy) is 4. The fourth-order valence-corrected chi connectivity index (χ4v) is 18.3. The number of nitrogens with zero attached hydrogens (tertiary/aromatic N) is 4. The van der Waals surface area contributed by atoms with Gasteiger partial charge in [-0.1, -0.05) is 70.1 Å². The summed E-state index contributed by atoms with van der Waals surface area (Å²) in [6.45, 7) is -11.1. The first-order chi connectivity index (χ1) is 62.4. The minimum Gasteiger partial charge on any atom is -0.404 e. The molecule has 4 aromatic heterocycles. The largest absolute Gasteiger partial charge is 0.530 e. The van der Waals surface area contributed by atoms with Crippen LogP contribution in [0.4, 0.5) is 17.6 Å². The van der Waals surface area contributed by atoms with Crippen LogP contribution in [0.3, 0.4) is 0 Å². The summed E-state index contributed by atoms with van der Waals surface area (Å²) in [4.78, 5) is 55.8. The standard InChI is InChI=1S/4C18H15ClFN2O8PS/c4*1-2-9-6-22(17(32)21-15(9)25)16-13(23)14(24)18(20,29-16)8-28-31(26)27-7-10-5-11(19)3-4-12(10)30-31/h4*1,3-6,13-14,16,23-24H,7-8H2,(H,21,25,32)/t4*13-,14+,16-,18-,31?/m1111/s1/i8D2,16D;16D;8D2;. The molecule has 12 N–H and O–H groups in total. The lowest BCUT2D eigenvalue weighted by Gasteiger charge is -2.28. The second-order valence-corrected chi connectivity index (χ2v) is 36.5. The van der Waals surface area contributed by atoms with Gasteiger partial charge < -0.3 is 77.9 Å². The Morgan fingerprint density at radius 1 is 0.414 bits per heavy atom. The first-order valence-electron chi connectivity index (χ1n) is 38.3. The predicted molar refractivity (Wildman–Crippen MR) is 441 cm³/mol. The van der Waals surface area contributed by atoms with Gasteiger partial charge in [0.25, 0.3) is 45.7 Å². The highest BCUT2D eigenvalue weighted by Crippen LogP contribution is 2.61. The number of aromatic nitrogens is 8. The molecule has 0 bridgehead atoms. The summed E-state index contributed by atoms with van der Waals surface area (Å²) >= 11 is 43.3. The van der Waals surface area contributed by atoms with E-state index in [0.29, 0.717) is 51.5 Å². The van der Waals surface area contributed by atoms with E-state index < -0.39 is 199 Å². The molecule has 4 aromatic carbocycles. The second-order valence-electron chi connectivity index (χ2n) is 26.9. The third-order valence-electron chi connectivity index (χ3n) is 18.5. The van der Waals surface area contributed by atoms with Crippen LogP contribution in [0.25, 0.3) is 0 Å². The lowest BCUT2D eigenvalue weighted by Crippen LogP contribution is -2.43. The van der Waals surface area contributed by atoms with Crippen molar-refractivity contribution in [1.29, 1.82) is 0 Å². The Kier molecular flexibility index (Phi) is 26.5. The first-order valence-corrected chi connectivity index (χ1v) is 44.3. The van der Waals surface area contributed by atoms with E-state index in [1.54, 1.807) is 6.07 Å². The smallest absolute Gasteiger partial charge is 0.404 e. The van der Waals surface area contributed by atoms with Crippen molar-refractivity contribution >= 4 is 127 Å². The summed E-state index contributed by atoms with van der Waals surface area (Å²) in [5.74, 6) is -5.67. The number of aliphatic hydroxyl groups is 8. The molecule has 8 aliphatic heterocycles.